The summed E-state index contributed by atoms with van der Waals surface area (Å²) in [7, 11) is -5.24. The van der Waals surface area contributed by atoms with Gasteiger partial charge in [-0.1, -0.05) is 37.1 Å². The summed E-state index contributed by atoms with van der Waals surface area (Å²) >= 11 is 0. The number of aliphatic hydroxyl groups is 4. The molecule has 1 aromatic rings. The minimum atomic E-state index is -2.62. The number of unbranched alkanes of at least 4 members (excludes halogenated alkanes) is 1. The van der Waals surface area contributed by atoms with Crippen molar-refractivity contribution in [1.29, 1.82) is 0 Å². The third-order valence-electron chi connectivity index (χ3n) is 3.92. The number of aliphatic hydroxyl groups excluding tert-OH is 4. The Morgan fingerprint density at radius 2 is 1.32 bits per heavy atom. The summed E-state index contributed by atoms with van der Waals surface area (Å²) in [6, 6.07) is 5.73. The maximum Gasteiger partial charge on any atom is 0.324 e. The normalized spacial score (nSPS) is 12.2. The second kappa shape index (κ2) is 16.5. The molecule has 0 aliphatic heterocycles. The number of benzene rings is 1. The van der Waals surface area contributed by atoms with Crippen LogP contribution in [0.1, 0.15) is 42.6 Å². The highest BCUT2D eigenvalue weighted by atomic mass is 31.2. The summed E-state index contributed by atoms with van der Waals surface area (Å²) in [6.45, 7) is 2.68. The fraction of sp³-hybridized carbons (Fsp3) is 0.625. The van der Waals surface area contributed by atoms with Crippen molar-refractivity contribution in [3.05, 3.63) is 34.9 Å². The Bertz CT molecular complexity index is 492. The molecule has 0 saturated heterocycles. The highest BCUT2D eigenvalue weighted by Crippen LogP contribution is 2.35. The summed E-state index contributed by atoms with van der Waals surface area (Å²) < 4.78 is 0. The van der Waals surface area contributed by atoms with Crippen molar-refractivity contribution in [2.24, 2.45) is 5.41 Å². The van der Waals surface area contributed by atoms with Crippen LogP contribution in [-0.4, -0.2) is 69.6 Å². The molecular weight excluding hydrogens is 414 g/mol. The van der Waals surface area contributed by atoms with E-state index in [1.165, 1.54) is 0 Å². The Morgan fingerprint density at radius 1 is 0.893 bits per heavy atom. The van der Waals surface area contributed by atoms with Crippen molar-refractivity contribution in [2.45, 2.75) is 39.2 Å². The van der Waals surface area contributed by atoms with E-state index in [9.17, 15) is 20.4 Å². The van der Waals surface area contributed by atoms with Crippen LogP contribution in [0.3, 0.4) is 0 Å². The van der Waals surface area contributed by atoms with E-state index in [2.05, 4.69) is 6.92 Å². The van der Waals surface area contributed by atoms with Gasteiger partial charge < -0.3 is 49.8 Å². The molecule has 0 amide bonds. The molecule has 166 valence electrons. The first-order chi connectivity index (χ1) is 13.0. The van der Waals surface area contributed by atoms with Crippen LogP contribution < -0.4 is 0 Å². The molecule has 10 N–H and O–H groups in total. The van der Waals surface area contributed by atoms with Crippen molar-refractivity contribution in [1.82, 2.24) is 0 Å². The topological polar surface area (TPSA) is 202 Å². The number of aryl methyl sites for hydroxylation is 2. The quantitative estimate of drug-likeness (QED) is 0.237. The monoisotopic (exact) mass is 446 g/mol. The molecule has 1 atom stereocenters. The van der Waals surface area contributed by atoms with Crippen LogP contribution in [-0.2, 0) is 6.42 Å². The van der Waals surface area contributed by atoms with Crippen LogP contribution in [0.15, 0.2) is 18.2 Å². The Balaban J connectivity index is 0. The Morgan fingerprint density at radius 3 is 1.68 bits per heavy atom. The van der Waals surface area contributed by atoms with Gasteiger partial charge >= 0.3 is 17.2 Å². The molecule has 0 bridgehead atoms. The third kappa shape index (κ3) is 12.3. The van der Waals surface area contributed by atoms with E-state index in [-0.39, 0.29) is 0 Å². The molecule has 0 radical (unpaired) electrons. The zero-order valence-corrected chi connectivity index (χ0v) is 17.7. The van der Waals surface area contributed by atoms with E-state index in [4.69, 9.17) is 29.4 Å². The lowest BCUT2D eigenvalue weighted by Gasteiger charge is -2.34. The average Bonchev–Trinajstić information content (AvgIpc) is 2.61. The van der Waals surface area contributed by atoms with Crippen molar-refractivity contribution >= 4 is 17.2 Å². The van der Waals surface area contributed by atoms with Crippen LogP contribution >= 0.6 is 17.2 Å². The molecule has 28 heavy (non-hydrogen) atoms. The fourth-order valence-electron chi connectivity index (χ4n) is 2.32. The van der Waals surface area contributed by atoms with Gasteiger partial charge in [-0.2, -0.15) is 0 Å². The first kappa shape index (κ1) is 29.9. The van der Waals surface area contributed by atoms with Gasteiger partial charge in [-0.3, -0.25) is 0 Å². The fourth-order valence-corrected chi connectivity index (χ4v) is 2.32. The van der Waals surface area contributed by atoms with Gasteiger partial charge in [0.2, 0.25) is 0 Å². The lowest BCUT2D eigenvalue weighted by molar-refractivity contribution is -0.0855. The van der Waals surface area contributed by atoms with E-state index in [0.717, 1.165) is 30.4 Å². The predicted octanol–water partition coefficient (Wildman–Crippen LogP) is -0.285. The van der Waals surface area contributed by atoms with Crippen molar-refractivity contribution < 1.29 is 49.8 Å². The largest absolute Gasteiger partial charge is 0.395 e. The first-order valence-corrected chi connectivity index (χ1v) is 10.7. The second-order valence-corrected chi connectivity index (χ2v) is 7.16. The lowest BCUT2D eigenvalue weighted by Crippen LogP contribution is -2.40. The van der Waals surface area contributed by atoms with E-state index in [1.807, 2.05) is 25.1 Å². The Hall–Kier alpha value is -0.320. The summed E-state index contributed by atoms with van der Waals surface area (Å²) in [5.41, 5.74) is 1.49. The van der Waals surface area contributed by atoms with Crippen molar-refractivity contribution in [3.8, 4) is 0 Å². The molecule has 1 aromatic carbocycles. The smallest absolute Gasteiger partial charge is 0.324 e. The molecule has 10 nitrogen and oxygen atoms in total. The molecule has 0 aliphatic carbocycles. The van der Waals surface area contributed by atoms with Crippen molar-refractivity contribution in [2.75, 3.05) is 19.8 Å². The van der Waals surface area contributed by atoms with Gasteiger partial charge in [0.05, 0.1) is 31.3 Å². The van der Waals surface area contributed by atoms with E-state index in [1.54, 1.807) is 0 Å². The summed E-state index contributed by atoms with van der Waals surface area (Å²) in [5, 5.41) is 38.9. The van der Waals surface area contributed by atoms with Crippen LogP contribution in [0.5, 0.6) is 0 Å². The molecule has 0 aliphatic rings. The van der Waals surface area contributed by atoms with Gasteiger partial charge in [-0.05, 0) is 30.9 Å². The second-order valence-electron chi connectivity index (χ2n) is 6.08. The predicted molar refractivity (Wildman–Crippen MR) is 106 cm³/mol. The molecule has 0 aromatic heterocycles. The van der Waals surface area contributed by atoms with Gasteiger partial charge in [0.1, 0.15) is 0 Å². The van der Waals surface area contributed by atoms with Gasteiger partial charge in [0.15, 0.2) is 0 Å². The Labute approximate surface area is 167 Å². The zero-order valence-electron chi connectivity index (χ0n) is 15.9. The standard InChI is InChI=1S/C16H26O4.2H3O3P/c1-3-4-5-13-8-12(2)6-7-14(13)15(20)16(9-17,10-18)11-19;2*1-4(2)3/h6-8,15,17-20H,3-5,9-11H2,1-2H3;2*1-3H. The molecule has 0 saturated carbocycles. The van der Waals surface area contributed by atoms with Crippen LogP contribution in [0.25, 0.3) is 0 Å². The highest BCUT2D eigenvalue weighted by molar-refractivity contribution is 7.38. The van der Waals surface area contributed by atoms with Gasteiger partial charge in [0.25, 0.3) is 0 Å². The van der Waals surface area contributed by atoms with Crippen molar-refractivity contribution in [3.63, 3.8) is 0 Å². The molecule has 1 unspecified atom stereocenters. The van der Waals surface area contributed by atoms with E-state index < -0.39 is 48.5 Å². The van der Waals surface area contributed by atoms with Crippen LogP contribution in [0, 0.1) is 12.3 Å². The summed E-state index contributed by atoms with van der Waals surface area (Å²) in [5.74, 6) is 0. The van der Waals surface area contributed by atoms with Gasteiger partial charge in [-0.25, -0.2) is 0 Å². The molecule has 0 heterocycles. The molecular formula is C16H32O10P2. The third-order valence-corrected chi connectivity index (χ3v) is 3.92. The maximum atomic E-state index is 10.5. The van der Waals surface area contributed by atoms with Gasteiger partial charge in [-0.15, -0.1) is 0 Å². The first-order valence-electron chi connectivity index (χ1n) is 8.34. The molecule has 12 heteroatoms. The minimum absolute atomic E-state index is 0.470. The number of hydrogen-bond acceptors (Lipinski definition) is 10. The van der Waals surface area contributed by atoms with Crippen LogP contribution in [0.2, 0.25) is 0 Å². The average molecular weight is 446 g/mol. The number of rotatable bonds is 8. The Kier molecular flexibility index (Phi) is 17.6. The van der Waals surface area contributed by atoms with E-state index >= 15 is 0 Å². The maximum absolute atomic E-state index is 10.5. The molecule has 1 rings (SSSR count). The van der Waals surface area contributed by atoms with E-state index in [0.29, 0.717) is 5.56 Å². The zero-order chi connectivity index (χ0) is 22.3. The SMILES string of the molecule is CCCCc1cc(C)ccc1C(O)C(CO)(CO)CO.OP(O)O.OP(O)O. The summed E-state index contributed by atoms with van der Waals surface area (Å²) in [6.07, 6.45) is 1.81. The molecule has 0 spiro atoms. The molecule has 0 fully saturated rings. The lowest BCUT2D eigenvalue weighted by atomic mass is 9.78. The number of hydrogen-bond donors (Lipinski definition) is 10. The van der Waals surface area contributed by atoms with Gasteiger partial charge in [0, 0.05) is 0 Å². The highest BCUT2D eigenvalue weighted by Gasteiger charge is 2.38. The van der Waals surface area contributed by atoms with Crippen LogP contribution in [0.4, 0.5) is 0 Å². The minimum Gasteiger partial charge on any atom is -0.395 e. The summed E-state index contributed by atoms with van der Waals surface area (Å²) in [4.78, 5) is 43.4.